The minimum atomic E-state index is -0.588. The molecule has 0 spiro atoms. The van der Waals surface area contributed by atoms with E-state index in [2.05, 4.69) is 5.32 Å². The Morgan fingerprint density at radius 3 is 2.15 bits per heavy atom. The molecule has 2 aromatic rings. The van der Waals surface area contributed by atoms with Gasteiger partial charge in [0.2, 0.25) is 17.5 Å². The van der Waals surface area contributed by atoms with E-state index in [0.717, 1.165) is 0 Å². The first-order chi connectivity index (χ1) is 13.0. The largest absolute Gasteiger partial charge is 0.497 e. The monoisotopic (exact) mass is 363 g/mol. The molecule has 1 amide bonds. The Kier molecular flexibility index (Phi) is 4.03. The summed E-state index contributed by atoms with van der Waals surface area (Å²) in [7, 11) is 3.06. The van der Waals surface area contributed by atoms with Gasteiger partial charge in [0.15, 0.2) is 0 Å². The molecule has 0 aromatic heterocycles. The average Bonchev–Trinajstić information content (AvgIpc) is 2.70. The van der Waals surface area contributed by atoms with Gasteiger partial charge in [0.25, 0.3) is 0 Å². The number of fused-ring (bicyclic) bond motifs is 2. The molecular formula is C21H17NO5. The van der Waals surface area contributed by atoms with Gasteiger partial charge in [0.05, 0.1) is 19.9 Å². The van der Waals surface area contributed by atoms with Crippen LogP contribution >= 0.6 is 0 Å². The Labute approximate surface area is 155 Å². The maximum Gasteiger partial charge on any atom is 0.233 e. The quantitative estimate of drug-likeness (QED) is 0.848. The lowest BCUT2D eigenvalue weighted by atomic mass is 9.75. The number of allylic oxidation sites excluding steroid dienone is 1. The van der Waals surface area contributed by atoms with Gasteiger partial charge in [0.1, 0.15) is 11.5 Å². The first kappa shape index (κ1) is 17.0. The molecule has 4 rings (SSSR count). The number of carbonyl (C=O) groups excluding carboxylic acids is 3. The summed E-state index contributed by atoms with van der Waals surface area (Å²) in [6.07, 6.45) is 0.0658. The number of benzene rings is 2. The number of nitrogens with one attached hydrogen (secondary N) is 1. The van der Waals surface area contributed by atoms with E-state index in [-0.39, 0.29) is 12.3 Å². The number of methoxy groups -OCH3 is 2. The molecule has 0 saturated heterocycles. The second kappa shape index (κ2) is 6.39. The van der Waals surface area contributed by atoms with Crippen molar-refractivity contribution in [3.8, 4) is 11.5 Å². The van der Waals surface area contributed by atoms with Gasteiger partial charge >= 0.3 is 0 Å². The second-order valence-corrected chi connectivity index (χ2v) is 6.44. The molecular weight excluding hydrogens is 346 g/mol. The van der Waals surface area contributed by atoms with E-state index in [1.165, 1.54) is 14.2 Å². The third kappa shape index (κ3) is 2.70. The first-order valence-electron chi connectivity index (χ1n) is 8.49. The molecule has 2 aliphatic rings. The van der Waals surface area contributed by atoms with Crippen molar-refractivity contribution in [2.45, 2.75) is 12.3 Å². The van der Waals surface area contributed by atoms with Crippen molar-refractivity contribution in [3.63, 3.8) is 0 Å². The third-order valence-corrected chi connectivity index (χ3v) is 4.94. The van der Waals surface area contributed by atoms with Crippen LogP contribution in [0.1, 0.15) is 33.8 Å². The minimum absolute atomic E-state index is 0.0658. The number of rotatable bonds is 3. The highest BCUT2D eigenvalue weighted by Crippen LogP contribution is 2.42. The van der Waals surface area contributed by atoms with Gasteiger partial charge in [-0.2, -0.15) is 0 Å². The number of carbonyl (C=O) groups is 3. The summed E-state index contributed by atoms with van der Waals surface area (Å²) in [5, 5.41) is 2.79. The highest BCUT2D eigenvalue weighted by atomic mass is 16.5. The number of hydrogen-bond acceptors (Lipinski definition) is 5. The molecule has 0 fully saturated rings. The van der Waals surface area contributed by atoms with Crippen LogP contribution in [0.3, 0.4) is 0 Å². The number of ketones is 2. The van der Waals surface area contributed by atoms with E-state index < -0.39 is 17.5 Å². The van der Waals surface area contributed by atoms with Crippen molar-refractivity contribution in [3.05, 3.63) is 64.7 Å². The van der Waals surface area contributed by atoms with Crippen molar-refractivity contribution in [2.75, 3.05) is 14.2 Å². The van der Waals surface area contributed by atoms with E-state index in [1.54, 1.807) is 42.5 Å². The van der Waals surface area contributed by atoms with Gasteiger partial charge in [-0.1, -0.05) is 24.3 Å². The van der Waals surface area contributed by atoms with Crippen LogP contribution < -0.4 is 14.8 Å². The zero-order valence-electron chi connectivity index (χ0n) is 14.9. The van der Waals surface area contributed by atoms with E-state index >= 15 is 0 Å². The normalized spacial score (nSPS) is 18.6. The lowest BCUT2D eigenvalue weighted by Gasteiger charge is -2.31. The van der Waals surface area contributed by atoms with Crippen LogP contribution in [-0.2, 0) is 9.59 Å². The predicted molar refractivity (Wildman–Crippen MR) is 97.7 cm³/mol. The lowest BCUT2D eigenvalue weighted by molar-refractivity contribution is -0.120. The first-order valence-corrected chi connectivity index (χ1v) is 8.49. The molecule has 27 heavy (non-hydrogen) atoms. The number of hydrogen-bond donors (Lipinski definition) is 1. The fraction of sp³-hybridized carbons (Fsp3) is 0.190. The molecule has 136 valence electrons. The molecule has 1 atom stereocenters. The smallest absolute Gasteiger partial charge is 0.233 e. The molecule has 1 unspecified atom stereocenters. The Balaban J connectivity index is 1.94. The fourth-order valence-corrected chi connectivity index (χ4v) is 3.66. The van der Waals surface area contributed by atoms with Crippen LogP contribution in [0.5, 0.6) is 11.5 Å². The average molecular weight is 363 g/mol. The molecule has 2 aromatic carbocycles. The van der Waals surface area contributed by atoms with Crippen LogP contribution in [-0.4, -0.2) is 31.7 Å². The second-order valence-electron chi connectivity index (χ2n) is 6.44. The molecule has 1 aliphatic heterocycles. The molecule has 6 nitrogen and oxygen atoms in total. The van der Waals surface area contributed by atoms with E-state index in [0.29, 0.717) is 39.5 Å². The van der Waals surface area contributed by atoms with Crippen molar-refractivity contribution < 1.29 is 23.9 Å². The van der Waals surface area contributed by atoms with E-state index in [1.807, 2.05) is 0 Å². The zero-order chi connectivity index (χ0) is 19.1. The Bertz CT molecular complexity index is 999. The fourth-order valence-electron chi connectivity index (χ4n) is 3.66. The third-order valence-electron chi connectivity index (χ3n) is 4.94. The molecule has 1 heterocycles. The summed E-state index contributed by atoms with van der Waals surface area (Å²) in [5.41, 5.74) is 2.30. The lowest BCUT2D eigenvalue weighted by Crippen LogP contribution is -2.39. The summed E-state index contributed by atoms with van der Waals surface area (Å²) in [6, 6.07) is 12.0. The topological polar surface area (TPSA) is 81.7 Å². The summed E-state index contributed by atoms with van der Waals surface area (Å²) >= 11 is 0. The SMILES string of the molecule is COc1cc(OC)cc(C2CC(=O)NC3=C2C(=O)C(=O)c2ccccc23)c1. The Morgan fingerprint density at radius 1 is 0.889 bits per heavy atom. The maximum absolute atomic E-state index is 12.9. The van der Waals surface area contributed by atoms with Crippen molar-refractivity contribution in [1.82, 2.24) is 5.32 Å². The van der Waals surface area contributed by atoms with Crippen LogP contribution in [0.4, 0.5) is 0 Å². The number of Topliss-reactive ketones (excluding diaryl/α,β-unsaturated/α-hetero) is 2. The summed E-state index contributed by atoms with van der Waals surface area (Å²) in [5.74, 6) is -0.809. The predicted octanol–water partition coefficient (Wildman–Crippen LogP) is 2.48. The van der Waals surface area contributed by atoms with Crippen LogP contribution in [0.15, 0.2) is 48.0 Å². The maximum atomic E-state index is 12.9. The van der Waals surface area contributed by atoms with Gasteiger partial charge in [-0.3, -0.25) is 14.4 Å². The van der Waals surface area contributed by atoms with Gasteiger partial charge in [-0.05, 0) is 17.7 Å². The van der Waals surface area contributed by atoms with Crippen LogP contribution in [0, 0.1) is 0 Å². The standard InChI is InChI=1S/C21H17NO5/c1-26-12-7-11(8-13(9-12)27-2)16-10-17(23)22-19-14-5-3-4-6-15(14)20(24)21(25)18(16)19/h3-9,16H,10H2,1-2H3,(H,22,23). The number of ether oxygens (including phenoxy) is 2. The van der Waals surface area contributed by atoms with E-state index in [4.69, 9.17) is 9.47 Å². The number of amides is 1. The minimum Gasteiger partial charge on any atom is -0.497 e. The van der Waals surface area contributed by atoms with Crippen molar-refractivity contribution in [1.29, 1.82) is 0 Å². The van der Waals surface area contributed by atoms with E-state index in [9.17, 15) is 14.4 Å². The van der Waals surface area contributed by atoms with Crippen molar-refractivity contribution in [2.24, 2.45) is 0 Å². The molecule has 0 bridgehead atoms. The van der Waals surface area contributed by atoms with Crippen LogP contribution in [0.2, 0.25) is 0 Å². The summed E-state index contributed by atoms with van der Waals surface area (Å²) in [4.78, 5) is 37.9. The summed E-state index contributed by atoms with van der Waals surface area (Å²) in [6.45, 7) is 0. The van der Waals surface area contributed by atoms with Gasteiger partial charge in [-0.25, -0.2) is 0 Å². The Morgan fingerprint density at radius 2 is 1.52 bits per heavy atom. The molecule has 0 saturated carbocycles. The molecule has 1 N–H and O–H groups in total. The highest BCUT2D eigenvalue weighted by Gasteiger charge is 2.41. The van der Waals surface area contributed by atoms with Gasteiger partial charge in [0, 0.05) is 35.1 Å². The molecule has 0 radical (unpaired) electrons. The Hall–Kier alpha value is -3.41. The molecule has 1 aliphatic carbocycles. The van der Waals surface area contributed by atoms with Crippen LogP contribution in [0.25, 0.3) is 5.70 Å². The zero-order valence-corrected chi connectivity index (χ0v) is 14.9. The van der Waals surface area contributed by atoms with Crippen molar-refractivity contribution >= 4 is 23.2 Å². The van der Waals surface area contributed by atoms with Gasteiger partial charge in [-0.15, -0.1) is 0 Å². The summed E-state index contributed by atoms with van der Waals surface area (Å²) < 4.78 is 10.6. The molecule has 6 heteroatoms. The highest BCUT2D eigenvalue weighted by molar-refractivity contribution is 6.53. The van der Waals surface area contributed by atoms with Gasteiger partial charge < -0.3 is 14.8 Å².